The molecule has 104 valence electrons. The highest BCUT2D eigenvalue weighted by atomic mass is 16.5. The summed E-state index contributed by atoms with van der Waals surface area (Å²) >= 11 is 0. The summed E-state index contributed by atoms with van der Waals surface area (Å²) in [4.78, 5) is 15.7. The number of ether oxygens (including phenoxy) is 2. The van der Waals surface area contributed by atoms with Gasteiger partial charge in [-0.1, -0.05) is 19.1 Å². The Hall–Kier alpha value is -2.36. The van der Waals surface area contributed by atoms with Crippen LogP contribution in [0, 0.1) is 0 Å². The minimum Gasteiger partial charge on any atom is -0.490 e. The van der Waals surface area contributed by atoms with Gasteiger partial charge in [0, 0.05) is 6.20 Å². The van der Waals surface area contributed by atoms with Gasteiger partial charge in [-0.3, -0.25) is 4.79 Å². The van der Waals surface area contributed by atoms with E-state index in [1.807, 2.05) is 25.1 Å². The predicted octanol–water partition coefficient (Wildman–Crippen LogP) is 3.87. The second-order valence-corrected chi connectivity index (χ2v) is 4.31. The fourth-order valence-corrected chi connectivity index (χ4v) is 1.71. The predicted molar refractivity (Wildman–Crippen MR) is 76.5 cm³/mol. The van der Waals surface area contributed by atoms with E-state index in [1.165, 1.54) is 6.92 Å². The molecule has 4 nitrogen and oxygen atoms in total. The Morgan fingerprint density at radius 3 is 2.60 bits per heavy atom. The number of Topliss-reactive ketones (excluding diaryl/α,β-unsaturated/α-hetero) is 1. The van der Waals surface area contributed by atoms with E-state index >= 15 is 0 Å². The summed E-state index contributed by atoms with van der Waals surface area (Å²) in [6, 6.07) is 10.8. The Labute approximate surface area is 118 Å². The van der Waals surface area contributed by atoms with Crippen molar-refractivity contribution in [1.29, 1.82) is 0 Å². The summed E-state index contributed by atoms with van der Waals surface area (Å²) in [6.07, 6.45) is 2.51. The van der Waals surface area contributed by atoms with Gasteiger partial charge in [-0.25, -0.2) is 4.98 Å². The topological polar surface area (TPSA) is 48.4 Å². The number of pyridine rings is 1. The van der Waals surface area contributed by atoms with E-state index in [2.05, 4.69) is 4.98 Å². The van der Waals surface area contributed by atoms with E-state index in [9.17, 15) is 4.79 Å². The van der Waals surface area contributed by atoms with Crippen molar-refractivity contribution in [2.75, 3.05) is 6.61 Å². The van der Waals surface area contributed by atoms with Crippen molar-refractivity contribution in [2.45, 2.75) is 20.3 Å². The maximum atomic E-state index is 11.6. The molecule has 2 rings (SSSR count). The first-order valence-electron chi connectivity index (χ1n) is 6.58. The van der Waals surface area contributed by atoms with E-state index in [0.717, 1.165) is 6.42 Å². The van der Waals surface area contributed by atoms with Gasteiger partial charge in [-0.15, -0.1) is 0 Å². The monoisotopic (exact) mass is 271 g/mol. The highest BCUT2D eigenvalue weighted by Crippen LogP contribution is 2.31. The Morgan fingerprint density at radius 1 is 1.15 bits per heavy atom. The number of carbonyl (C=O) groups is 1. The molecule has 0 aliphatic rings. The van der Waals surface area contributed by atoms with Crippen LogP contribution in [0.1, 0.15) is 30.6 Å². The van der Waals surface area contributed by atoms with Gasteiger partial charge in [0.25, 0.3) is 0 Å². The van der Waals surface area contributed by atoms with Crippen LogP contribution < -0.4 is 9.47 Å². The van der Waals surface area contributed by atoms with Gasteiger partial charge in [0.2, 0.25) is 5.88 Å². The van der Waals surface area contributed by atoms with Crippen molar-refractivity contribution < 1.29 is 14.3 Å². The van der Waals surface area contributed by atoms with Crippen LogP contribution in [0.25, 0.3) is 0 Å². The van der Waals surface area contributed by atoms with Crippen LogP contribution in [-0.4, -0.2) is 17.4 Å². The van der Waals surface area contributed by atoms with Gasteiger partial charge in [0.1, 0.15) is 0 Å². The zero-order valence-electron chi connectivity index (χ0n) is 11.6. The van der Waals surface area contributed by atoms with Crippen LogP contribution in [-0.2, 0) is 0 Å². The largest absolute Gasteiger partial charge is 0.490 e. The minimum absolute atomic E-state index is 0.0833. The molecule has 0 fully saturated rings. The molecule has 0 radical (unpaired) electrons. The lowest BCUT2D eigenvalue weighted by Crippen LogP contribution is -2.01. The molecule has 0 saturated heterocycles. The summed E-state index contributed by atoms with van der Waals surface area (Å²) < 4.78 is 11.4. The van der Waals surface area contributed by atoms with Gasteiger partial charge in [0.05, 0.1) is 12.2 Å². The minimum atomic E-state index is -0.0833. The number of carbonyl (C=O) groups excluding carboxylic acids is 1. The molecule has 1 heterocycles. The maximum absolute atomic E-state index is 11.6. The molecule has 20 heavy (non-hydrogen) atoms. The van der Waals surface area contributed by atoms with E-state index in [0.29, 0.717) is 29.5 Å². The number of nitrogens with zero attached hydrogens (tertiary/aromatic N) is 1. The van der Waals surface area contributed by atoms with Crippen molar-refractivity contribution in [2.24, 2.45) is 0 Å². The lowest BCUT2D eigenvalue weighted by atomic mass is 10.2. The molecule has 1 aromatic heterocycles. The normalized spacial score (nSPS) is 10.1. The smallest absolute Gasteiger partial charge is 0.230 e. The summed E-state index contributed by atoms with van der Waals surface area (Å²) in [5.41, 5.74) is 0.456. The third-order valence-corrected chi connectivity index (χ3v) is 2.67. The number of aromatic nitrogens is 1. The average Bonchev–Trinajstić information content (AvgIpc) is 2.47. The summed E-state index contributed by atoms with van der Waals surface area (Å²) in [5, 5.41) is 0. The molecule has 0 amide bonds. The summed E-state index contributed by atoms with van der Waals surface area (Å²) in [6.45, 7) is 4.14. The molecule has 0 bridgehead atoms. The number of hydrogen-bond acceptors (Lipinski definition) is 4. The molecule has 0 spiro atoms. The average molecular weight is 271 g/mol. The summed E-state index contributed by atoms with van der Waals surface area (Å²) in [7, 11) is 0. The number of benzene rings is 1. The van der Waals surface area contributed by atoms with Crippen LogP contribution in [0.3, 0.4) is 0 Å². The quantitative estimate of drug-likeness (QED) is 0.748. The SMILES string of the molecule is CCCOc1ccccc1Oc1ncccc1C(C)=O. The molecule has 0 N–H and O–H groups in total. The first kappa shape index (κ1) is 14.1. The first-order valence-corrected chi connectivity index (χ1v) is 6.58. The zero-order chi connectivity index (χ0) is 14.4. The highest BCUT2D eigenvalue weighted by Gasteiger charge is 2.12. The third kappa shape index (κ3) is 3.35. The van der Waals surface area contributed by atoms with Gasteiger partial charge in [-0.05, 0) is 37.6 Å². The highest BCUT2D eigenvalue weighted by molar-refractivity contribution is 5.96. The second kappa shape index (κ2) is 6.70. The fourth-order valence-electron chi connectivity index (χ4n) is 1.71. The zero-order valence-corrected chi connectivity index (χ0v) is 11.6. The molecule has 1 aromatic carbocycles. The van der Waals surface area contributed by atoms with Crippen molar-refractivity contribution in [3.05, 3.63) is 48.2 Å². The van der Waals surface area contributed by atoms with Gasteiger partial charge < -0.3 is 9.47 Å². The standard InChI is InChI=1S/C16H17NO3/c1-3-11-19-14-8-4-5-9-15(14)20-16-13(12(2)18)7-6-10-17-16/h4-10H,3,11H2,1-2H3. The van der Waals surface area contributed by atoms with Crippen LogP contribution >= 0.6 is 0 Å². The lowest BCUT2D eigenvalue weighted by molar-refractivity contribution is 0.101. The molecule has 0 saturated carbocycles. The summed E-state index contributed by atoms with van der Waals surface area (Å²) in [5.74, 6) is 1.42. The van der Waals surface area contributed by atoms with Crippen molar-refractivity contribution >= 4 is 5.78 Å². The van der Waals surface area contributed by atoms with E-state index in [4.69, 9.17) is 9.47 Å². The Morgan fingerprint density at radius 2 is 1.90 bits per heavy atom. The Bertz CT molecular complexity index is 596. The molecule has 4 heteroatoms. The number of ketones is 1. The first-order chi connectivity index (χ1) is 9.72. The van der Waals surface area contributed by atoms with E-state index < -0.39 is 0 Å². The number of rotatable bonds is 6. The molecule has 0 aliphatic carbocycles. The second-order valence-electron chi connectivity index (χ2n) is 4.31. The third-order valence-electron chi connectivity index (χ3n) is 2.67. The Balaban J connectivity index is 2.28. The Kier molecular flexibility index (Phi) is 4.71. The molecule has 0 atom stereocenters. The molecular formula is C16H17NO3. The van der Waals surface area contributed by atoms with Crippen LogP contribution in [0.5, 0.6) is 17.4 Å². The van der Waals surface area contributed by atoms with Gasteiger partial charge in [-0.2, -0.15) is 0 Å². The van der Waals surface area contributed by atoms with Crippen LogP contribution in [0.2, 0.25) is 0 Å². The number of hydrogen-bond donors (Lipinski definition) is 0. The van der Waals surface area contributed by atoms with E-state index in [1.54, 1.807) is 24.4 Å². The van der Waals surface area contributed by atoms with E-state index in [-0.39, 0.29) is 5.78 Å². The van der Waals surface area contributed by atoms with Crippen molar-refractivity contribution in [1.82, 2.24) is 4.98 Å². The van der Waals surface area contributed by atoms with Gasteiger partial charge >= 0.3 is 0 Å². The van der Waals surface area contributed by atoms with Crippen molar-refractivity contribution in [3.8, 4) is 17.4 Å². The molecule has 0 unspecified atom stereocenters. The maximum Gasteiger partial charge on any atom is 0.230 e. The number of para-hydroxylation sites is 2. The van der Waals surface area contributed by atoms with Crippen molar-refractivity contribution in [3.63, 3.8) is 0 Å². The lowest BCUT2D eigenvalue weighted by Gasteiger charge is -2.12. The van der Waals surface area contributed by atoms with Gasteiger partial charge in [0.15, 0.2) is 17.3 Å². The molecular weight excluding hydrogens is 254 g/mol. The van der Waals surface area contributed by atoms with Crippen LogP contribution in [0.15, 0.2) is 42.6 Å². The molecule has 0 aliphatic heterocycles. The fraction of sp³-hybridized carbons (Fsp3) is 0.250. The molecule has 2 aromatic rings. The van der Waals surface area contributed by atoms with Crippen LogP contribution in [0.4, 0.5) is 0 Å².